The van der Waals surface area contributed by atoms with E-state index >= 15 is 0 Å². The lowest BCUT2D eigenvalue weighted by atomic mass is 10.1. The molecule has 0 atom stereocenters. The fraction of sp³-hybridized carbons (Fsp3) is 0.368. The number of benzene rings is 1. The summed E-state index contributed by atoms with van der Waals surface area (Å²) in [7, 11) is -3.63. The fourth-order valence-corrected chi connectivity index (χ4v) is 5.86. The minimum atomic E-state index is -3.63. The lowest BCUT2D eigenvalue weighted by Gasteiger charge is -2.26. The maximum atomic E-state index is 12.8. The maximum Gasteiger partial charge on any atom is 0.256 e. The second-order valence-corrected chi connectivity index (χ2v) is 9.96. The predicted octanol–water partition coefficient (Wildman–Crippen LogP) is 2.89. The van der Waals surface area contributed by atoms with Crippen LogP contribution in [0.5, 0.6) is 0 Å². The summed E-state index contributed by atoms with van der Waals surface area (Å²) in [5.74, 6) is -1.10. The molecule has 9 heteroatoms. The molecule has 1 aliphatic rings. The molecule has 1 aromatic carbocycles. The Morgan fingerprint density at radius 1 is 1.14 bits per heavy atom. The van der Waals surface area contributed by atoms with Crippen molar-refractivity contribution in [2.45, 2.75) is 38.0 Å². The minimum absolute atomic E-state index is 0.0933. The van der Waals surface area contributed by atoms with Crippen LogP contribution in [0.25, 0.3) is 0 Å². The Bertz CT molecular complexity index is 1020. The molecular weight excluding hydrogens is 398 g/mol. The van der Waals surface area contributed by atoms with Crippen LogP contribution in [0.15, 0.2) is 29.2 Å². The Hall–Kier alpha value is -2.23. The summed E-state index contributed by atoms with van der Waals surface area (Å²) < 4.78 is 27.2. The van der Waals surface area contributed by atoms with Crippen molar-refractivity contribution >= 4 is 38.2 Å². The van der Waals surface area contributed by atoms with Crippen molar-refractivity contribution < 1.29 is 18.0 Å². The summed E-state index contributed by atoms with van der Waals surface area (Å²) in [4.78, 5) is 25.4. The summed E-state index contributed by atoms with van der Waals surface area (Å²) in [6.45, 7) is 4.60. The zero-order chi connectivity index (χ0) is 20.5. The fourth-order valence-electron chi connectivity index (χ4n) is 3.24. The number of thiophene rings is 1. The standard InChI is InChI=1S/C19H23N3O4S2/c1-12-13(2)27-19(16(12)17(20)23)21-18(24)14-7-6-8-15(11-14)28(25,26)22-9-4-3-5-10-22/h6-8,11H,3-5,9-10H2,1-2H3,(H2,20,23)(H,21,24). The molecule has 1 fully saturated rings. The summed E-state index contributed by atoms with van der Waals surface area (Å²) in [6, 6.07) is 5.96. The predicted molar refractivity (Wildman–Crippen MR) is 109 cm³/mol. The highest BCUT2D eigenvalue weighted by molar-refractivity contribution is 7.89. The average molecular weight is 422 g/mol. The summed E-state index contributed by atoms with van der Waals surface area (Å²) in [6.07, 6.45) is 2.70. The van der Waals surface area contributed by atoms with Gasteiger partial charge in [0.15, 0.2) is 0 Å². The molecule has 1 saturated heterocycles. The smallest absolute Gasteiger partial charge is 0.256 e. The van der Waals surface area contributed by atoms with E-state index in [1.165, 1.54) is 27.8 Å². The first kappa shape index (κ1) is 20.5. The van der Waals surface area contributed by atoms with Gasteiger partial charge in [-0.25, -0.2) is 8.42 Å². The van der Waals surface area contributed by atoms with Gasteiger partial charge in [-0.15, -0.1) is 11.3 Å². The molecule has 0 aliphatic carbocycles. The largest absolute Gasteiger partial charge is 0.365 e. The minimum Gasteiger partial charge on any atom is -0.365 e. The first-order valence-corrected chi connectivity index (χ1v) is 11.3. The van der Waals surface area contributed by atoms with E-state index in [0.717, 1.165) is 29.7 Å². The van der Waals surface area contributed by atoms with Crippen molar-refractivity contribution in [3.05, 3.63) is 45.8 Å². The quantitative estimate of drug-likeness (QED) is 0.773. The number of primary amides is 1. The number of carbonyl (C=O) groups is 2. The number of nitrogens with zero attached hydrogens (tertiary/aromatic N) is 1. The van der Waals surface area contributed by atoms with E-state index in [9.17, 15) is 18.0 Å². The SMILES string of the molecule is Cc1sc(NC(=O)c2cccc(S(=O)(=O)N3CCCCC3)c2)c(C(N)=O)c1C. The monoisotopic (exact) mass is 421 g/mol. The Balaban J connectivity index is 1.87. The molecule has 2 heterocycles. The number of piperidine rings is 1. The van der Waals surface area contributed by atoms with Gasteiger partial charge in [0.2, 0.25) is 10.0 Å². The third-order valence-electron chi connectivity index (χ3n) is 4.91. The molecule has 1 aliphatic heterocycles. The molecule has 0 radical (unpaired) electrons. The summed E-state index contributed by atoms with van der Waals surface area (Å²) in [5, 5.41) is 3.07. The van der Waals surface area contributed by atoms with E-state index in [-0.39, 0.29) is 16.0 Å². The van der Waals surface area contributed by atoms with Gasteiger partial charge in [0.05, 0.1) is 10.5 Å². The maximum absolute atomic E-state index is 12.8. The van der Waals surface area contributed by atoms with Gasteiger partial charge in [0.25, 0.3) is 11.8 Å². The van der Waals surface area contributed by atoms with Crippen molar-refractivity contribution in [2.24, 2.45) is 5.73 Å². The third-order valence-corrected chi connectivity index (χ3v) is 7.93. The molecule has 0 saturated carbocycles. The van der Waals surface area contributed by atoms with Gasteiger partial charge in [-0.1, -0.05) is 12.5 Å². The second-order valence-electron chi connectivity index (χ2n) is 6.80. The molecule has 28 heavy (non-hydrogen) atoms. The Morgan fingerprint density at radius 2 is 1.82 bits per heavy atom. The van der Waals surface area contributed by atoms with E-state index < -0.39 is 21.8 Å². The number of hydrogen-bond donors (Lipinski definition) is 2. The molecule has 3 rings (SSSR count). The van der Waals surface area contributed by atoms with Crippen LogP contribution in [0.2, 0.25) is 0 Å². The summed E-state index contributed by atoms with van der Waals surface area (Å²) in [5.41, 5.74) is 6.66. The molecule has 7 nitrogen and oxygen atoms in total. The number of sulfonamides is 1. The Kier molecular flexibility index (Phi) is 5.87. The van der Waals surface area contributed by atoms with Crippen LogP contribution in [0.4, 0.5) is 5.00 Å². The number of amides is 2. The zero-order valence-corrected chi connectivity index (χ0v) is 17.5. The lowest BCUT2D eigenvalue weighted by Crippen LogP contribution is -2.35. The third kappa shape index (κ3) is 3.96. The normalized spacial score (nSPS) is 15.4. The number of hydrogen-bond acceptors (Lipinski definition) is 5. The highest BCUT2D eigenvalue weighted by atomic mass is 32.2. The molecular formula is C19H23N3O4S2. The number of anilines is 1. The number of carbonyl (C=O) groups excluding carboxylic acids is 2. The molecule has 0 bridgehead atoms. The van der Waals surface area contributed by atoms with E-state index in [0.29, 0.717) is 18.1 Å². The van der Waals surface area contributed by atoms with Crippen LogP contribution < -0.4 is 11.1 Å². The Morgan fingerprint density at radius 3 is 2.46 bits per heavy atom. The topological polar surface area (TPSA) is 110 Å². The number of nitrogens with one attached hydrogen (secondary N) is 1. The zero-order valence-electron chi connectivity index (χ0n) is 15.8. The average Bonchev–Trinajstić information content (AvgIpc) is 2.96. The van der Waals surface area contributed by atoms with Crippen LogP contribution in [-0.2, 0) is 10.0 Å². The Labute approximate surface area is 168 Å². The number of nitrogens with two attached hydrogens (primary N) is 1. The highest BCUT2D eigenvalue weighted by Gasteiger charge is 2.27. The van der Waals surface area contributed by atoms with Crippen LogP contribution in [0, 0.1) is 13.8 Å². The number of rotatable bonds is 5. The van der Waals surface area contributed by atoms with Crippen molar-refractivity contribution in [2.75, 3.05) is 18.4 Å². The van der Waals surface area contributed by atoms with Gasteiger partial charge in [-0.2, -0.15) is 4.31 Å². The van der Waals surface area contributed by atoms with Gasteiger partial charge in [0, 0.05) is 23.5 Å². The van der Waals surface area contributed by atoms with E-state index in [1.807, 2.05) is 6.92 Å². The highest BCUT2D eigenvalue weighted by Crippen LogP contribution is 2.32. The van der Waals surface area contributed by atoms with Gasteiger partial charge in [-0.3, -0.25) is 9.59 Å². The van der Waals surface area contributed by atoms with Gasteiger partial charge < -0.3 is 11.1 Å². The molecule has 150 valence electrons. The molecule has 2 amide bonds. The number of aryl methyl sites for hydroxylation is 1. The van der Waals surface area contributed by atoms with E-state index in [2.05, 4.69) is 5.32 Å². The van der Waals surface area contributed by atoms with Crippen molar-refractivity contribution in [3.8, 4) is 0 Å². The second kappa shape index (κ2) is 8.02. The van der Waals surface area contributed by atoms with Crippen LogP contribution in [-0.4, -0.2) is 37.6 Å². The van der Waals surface area contributed by atoms with E-state index in [1.54, 1.807) is 19.1 Å². The van der Waals surface area contributed by atoms with E-state index in [4.69, 9.17) is 5.73 Å². The molecule has 0 unspecified atom stereocenters. The molecule has 1 aromatic heterocycles. The van der Waals surface area contributed by atoms with Crippen molar-refractivity contribution in [1.82, 2.24) is 4.31 Å². The first-order valence-electron chi connectivity index (χ1n) is 9.03. The van der Waals surface area contributed by atoms with Gasteiger partial charge in [0.1, 0.15) is 5.00 Å². The van der Waals surface area contributed by atoms with Crippen LogP contribution >= 0.6 is 11.3 Å². The van der Waals surface area contributed by atoms with Gasteiger partial charge >= 0.3 is 0 Å². The van der Waals surface area contributed by atoms with Gasteiger partial charge in [-0.05, 0) is 50.5 Å². The molecule has 3 N–H and O–H groups in total. The van der Waals surface area contributed by atoms with Crippen LogP contribution in [0.3, 0.4) is 0 Å². The van der Waals surface area contributed by atoms with Crippen molar-refractivity contribution in [3.63, 3.8) is 0 Å². The first-order chi connectivity index (χ1) is 13.2. The van der Waals surface area contributed by atoms with Crippen LogP contribution in [0.1, 0.15) is 50.4 Å². The summed E-state index contributed by atoms with van der Waals surface area (Å²) >= 11 is 1.27. The molecule has 2 aromatic rings. The van der Waals surface area contributed by atoms with Crippen molar-refractivity contribution in [1.29, 1.82) is 0 Å². The lowest BCUT2D eigenvalue weighted by molar-refractivity contribution is 0.100. The molecule has 0 spiro atoms.